The third-order valence-corrected chi connectivity index (χ3v) is 6.82. The number of carboxylic acids is 1. The predicted molar refractivity (Wildman–Crippen MR) is 105 cm³/mol. The summed E-state index contributed by atoms with van der Waals surface area (Å²) in [6, 6.07) is 5.59. The maximum absolute atomic E-state index is 12.4. The monoisotopic (exact) mass is 429 g/mol. The topological polar surface area (TPSA) is 68.5 Å². The maximum Gasteiger partial charge on any atom is 0.341 e. The van der Waals surface area contributed by atoms with Gasteiger partial charge >= 0.3 is 5.97 Å². The van der Waals surface area contributed by atoms with E-state index in [1.807, 2.05) is 10.6 Å². The SMILES string of the molecule is O=C(O)c1cn2c(cc1=O)-c1cc(Br)c(OCC3CC3)cc1CC21CCC1. The van der Waals surface area contributed by atoms with E-state index >= 15 is 0 Å². The van der Waals surface area contributed by atoms with Crippen molar-refractivity contribution in [1.29, 1.82) is 0 Å². The first-order valence-electron chi connectivity index (χ1n) is 9.43. The molecule has 0 radical (unpaired) electrons. The van der Waals surface area contributed by atoms with Crippen LogP contribution in [0.15, 0.2) is 33.7 Å². The first-order valence-corrected chi connectivity index (χ1v) is 10.2. The van der Waals surface area contributed by atoms with Crippen molar-refractivity contribution in [1.82, 2.24) is 4.57 Å². The van der Waals surface area contributed by atoms with Gasteiger partial charge in [0.05, 0.1) is 16.8 Å². The van der Waals surface area contributed by atoms with E-state index in [0.29, 0.717) is 5.92 Å². The highest BCUT2D eigenvalue weighted by Crippen LogP contribution is 2.50. The van der Waals surface area contributed by atoms with E-state index < -0.39 is 11.4 Å². The Bertz CT molecular complexity index is 1020. The molecule has 0 atom stereocenters. The molecule has 1 aromatic heterocycles. The molecule has 2 saturated carbocycles. The molecule has 140 valence electrons. The average Bonchev–Trinajstić information content (AvgIpc) is 3.42. The van der Waals surface area contributed by atoms with Crippen molar-refractivity contribution in [2.24, 2.45) is 5.92 Å². The van der Waals surface area contributed by atoms with Gasteiger partial charge in [0.1, 0.15) is 11.3 Å². The molecule has 2 aliphatic carbocycles. The first-order chi connectivity index (χ1) is 13.0. The van der Waals surface area contributed by atoms with Crippen LogP contribution in [0.4, 0.5) is 0 Å². The van der Waals surface area contributed by atoms with Crippen LogP contribution >= 0.6 is 15.9 Å². The number of aromatic carboxylic acids is 1. The van der Waals surface area contributed by atoms with Crippen LogP contribution in [-0.2, 0) is 12.0 Å². The fraction of sp³-hybridized carbons (Fsp3) is 0.429. The lowest BCUT2D eigenvalue weighted by Crippen LogP contribution is -2.46. The van der Waals surface area contributed by atoms with Gasteiger partial charge in [-0.15, -0.1) is 0 Å². The molecule has 2 fully saturated rings. The van der Waals surface area contributed by atoms with Crippen LogP contribution in [0.3, 0.4) is 0 Å². The molecular formula is C21H20BrNO4. The molecule has 2 heterocycles. The lowest BCUT2D eigenvalue weighted by atomic mass is 9.69. The predicted octanol–water partition coefficient (Wildman–Crippen LogP) is 4.20. The van der Waals surface area contributed by atoms with Crippen LogP contribution in [0.25, 0.3) is 11.3 Å². The summed E-state index contributed by atoms with van der Waals surface area (Å²) < 4.78 is 8.93. The Kier molecular flexibility index (Phi) is 3.76. The van der Waals surface area contributed by atoms with Gasteiger partial charge in [-0.3, -0.25) is 4.79 Å². The van der Waals surface area contributed by atoms with Crippen LogP contribution < -0.4 is 10.2 Å². The fourth-order valence-corrected chi connectivity index (χ4v) is 4.78. The number of benzene rings is 1. The molecule has 1 N–H and O–H groups in total. The molecule has 0 saturated heterocycles. The van der Waals surface area contributed by atoms with Crippen molar-refractivity contribution in [2.75, 3.05) is 6.61 Å². The summed E-state index contributed by atoms with van der Waals surface area (Å²) in [5.74, 6) is 0.369. The summed E-state index contributed by atoms with van der Waals surface area (Å²) in [7, 11) is 0. The number of carbonyl (C=O) groups is 1. The Balaban J connectivity index is 1.65. The summed E-state index contributed by atoms with van der Waals surface area (Å²) >= 11 is 3.61. The first kappa shape index (κ1) is 17.0. The highest BCUT2D eigenvalue weighted by Gasteiger charge is 2.43. The van der Waals surface area contributed by atoms with Crippen molar-refractivity contribution in [3.05, 3.63) is 50.2 Å². The smallest absolute Gasteiger partial charge is 0.341 e. The second-order valence-electron chi connectivity index (χ2n) is 8.06. The number of fused-ring (bicyclic) bond motifs is 4. The summed E-state index contributed by atoms with van der Waals surface area (Å²) in [6.45, 7) is 0.751. The minimum atomic E-state index is -1.17. The summed E-state index contributed by atoms with van der Waals surface area (Å²) in [5, 5.41) is 9.38. The zero-order chi connectivity index (χ0) is 18.8. The van der Waals surface area contributed by atoms with Crippen LogP contribution in [0.5, 0.6) is 5.75 Å². The second-order valence-corrected chi connectivity index (χ2v) is 8.91. The second kappa shape index (κ2) is 5.96. The highest BCUT2D eigenvalue weighted by molar-refractivity contribution is 9.10. The number of aromatic nitrogens is 1. The van der Waals surface area contributed by atoms with Crippen LogP contribution in [0, 0.1) is 5.92 Å². The molecule has 0 bridgehead atoms. The molecule has 5 nitrogen and oxygen atoms in total. The normalized spacial score (nSPS) is 19.1. The van der Waals surface area contributed by atoms with Gasteiger partial charge in [-0.25, -0.2) is 4.79 Å². The Morgan fingerprint density at radius 1 is 1.30 bits per heavy atom. The summed E-state index contributed by atoms with van der Waals surface area (Å²) in [5.41, 5.74) is 2.24. The molecule has 3 aliphatic rings. The highest BCUT2D eigenvalue weighted by atomic mass is 79.9. The number of carboxylic acid groups (broad SMARTS) is 1. The van der Waals surface area contributed by atoms with Crippen molar-refractivity contribution in [3.63, 3.8) is 0 Å². The van der Waals surface area contributed by atoms with Gasteiger partial charge in [-0.1, -0.05) is 0 Å². The molecule has 6 heteroatoms. The minimum absolute atomic E-state index is 0.123. The number of hydrogen-bond acceptors (Lipinski definition) is 3. The van der Waals surface area contributed by atoms with Crippen molar-refractivity contribution >= 4 is 21.9 Å². The molecule has 1 aliphatic heterocycles. The summed E-state index contributed by atoms with van der Waals surface area (Å²) in [4.78, 5) is 23.8. The van der Waals surface area contributed by atoms with E-state index in [2.05, 4.69) is 22.0 Å². The Hall–Kier alpha value is -2.08. The van der Waals surface area contributed by atoms with Gasteiger partial charge in [0, 0.05) is 23.4 Å². The van der Waals surface area contributed by atoms with Crippen molar-refractivity contribution in [3.8, 4) is 17.0 Å². The van der Waals surface area contributed by atoms with E-state index in [1.165, 1.54) is 24.5 Å². The zero-order valence-corrected chi connectivity index (χ0v) is 16.4. The summed E-state index contributed by atoms with van der Waals surface area (Å²) in [6.07, 6.45) is 7.98. The zero-order valence-electron chi connectivity index (χ0n) is 14.8. The van der Waals surface area contributed by atoms with Crippen LogP contribution in [-0.4, -0.2) is 22.2 Å². The van der Waals surface area contributed by atoms with Gasteiger partial charge in [0.2, 0.25) is 0 Å². The van der Waals surface area contributed by atoms with Crippen molar-refractivity contribution < 1.29 is 14.6 Å². The Morgan fingerprint density at radius 3 is 2.70 bits per heavy atom. The van der Waals surface area contributed by atoms with Crippen molar-refractivity contribution in [2.45, 2.75) is 44.1 Å². The van der Waals surface area contributed by atoms with Gasteiger partial charge in [0.15, 0.2) is 5.43 Å². The van der Waals surface area contributed by atoms with E-state index in [9.17, 15) is 14.7 Å². The number of halogens is 1. The Labute approximate surface area is 165 Å². The van der Waals surface area contributed by atoms with E-state index in [1.54, 1.807) is 6.20 Å². The molecule has 1 aromatic carbocycles. The number of nitrogens with zero attached hydrogens (tertiary/aromatic N) is 1. The largest absolute Gasteiger partial charge is 0.492 e. The number of rotatable bonds is 4. The lowest BCUT2D eigenvalue weighted by molar-refractivity contribution is 0.0691. The Morgan fingerprint density at radius 2 is 2.07 bits per heavy atom. The number of hydrogen-bond donors (Lipinski definition) is 1. The third kappa shape index (κ3) is 2.73. The van der Waals surface area contributed by atoms with E-state index in [4.69, 9.17) is 4.74 Å². The maximum atomic E-state index is 12.4. The van der Waals surface area contributed by atoms with E-state index in [0.717, 1.165) is 53.8 Å². The lowest BCUT2D eigenvalue weighted by Gasteiger charge is -2.48. The fourth-order valence-electron chi connectivity index (χ4n) is 4.32. The number of ether oxygens (including phenoxy) is 1. The molecule has 1 spiro atoms. The third-order valence-electron chi connectivity index (χ3n) is 6.20. The van der Waals surface area contributed by atoms with Gasteiger partial charge in [-0.2, -0.15) is 0 Å². The molecule has 27 heavy (non-hydrogen) atoms. The molecule has 0 amide bonds. The molecular weight excluding hydrogens is 410 g/mol. The standard InChI is InChI=1S/C21H20BrNO4/c22-16-7-14-13(6-19(16)27-11-12-2-3-12)9-21(4-1-5-21)23-10-15(20(25)26)18(24)8-17(14)23/h6-8,10,12H,1-5,9,11H2,(H,25,26). The van der Waals surface area contributed by atoms with Crippen LogP contribution in [0.1, 0.15) is 48.0 Å². The van der Waals surface area contributed by atoms with Gasteiger partial charge in [-0.05, 0) is 78.1 Å². The van der Waals surface area contributed by atoms with Gasteiger partial charge < -0.3 is 14.4 Å². The average molecular weight is 430 g/mol. The van der Waals surface area contributed by atoms with E-state index in [-0.39, 0.29) is 11.1 Å². The molecule has 5 rings (SSSR count). The minimum Gasteiger partial charge on any atom is -0.492 e. The molecule has 2 aromatic rings. The quantitative estimate of drug-likeness (QED) is 0.790. The number of pyridine rings is 1. The molecule has 0 unspecified atom stereocenters. The van der Waals surface area contributed by atoms with Crippen LogP contribution in [0.2, 0.25) is 0 Å². The van der Waals surface area contributed by atoms with Gasteiger partial charge in [0.25, 0.3) is 0 Å².